The Morgan fingerprint density at radius 1 is 1.38 bits per heavy atom. The molecule has 0 radical (unpaired) electrons. The van der Waals surface area contributed by atoms with Gasteiger partial charge in [-0.15, -0.1) is 0 Å². The average Bonchev–Trinajstić information content (AvgIpc) is 3.23. The number of carbonyl (C=O) groups excluding carboxylic acids is 2. The number of hydrogen-bond acceptors (Lipinski definition) is 3. The van der Waals surface area contributed by atoms with Crippen LogP contribution in [0.3, 0.4) is 0 Å². The quantitative estimate of drug-likeness (QED) is 0.775. The summed E-state index contributed by atoms with van der Waals surface area (Å²) in [6.45, 7) is 6.16. The molecular weight excluding hydrogens is 368 g/mol. The van der Waals surface area contributed by atoms with Crippen LogP contribution in [0.1, 0.15) is 36.8 Å². The number of benzene rings is 1. The van der Waals surface area contributed by atoms with Crippen LogP contribution >= 0.6 is 22.9 Å². The van der Waals surface area contributed by atoms with E-state index in [-0.39, 0.29) is 24.2 Å². The number of fused-ring (bicyclic) bond motifs is 2. The van der Waals surface area contributed by atoms with Crippen molar-refractivity contribution in [2.45, 2.75) is 37.1 Å². The average molecular weight is 387 g/mol. The normalized spacial score (nSPS) is 27.2. The molecule has 1 aromatic carbocycles. The number of thiophene rings is 1. The minimum Gasteiger partial charge on any atom is -0.348 e. The number of rotatable bonds is 3. The van der Waals surface area contributed by atoms with Gasteiger partial charge in [0, 0.05) is 23.0 Å². The summed E-state index contributed by atoms with van der Waals surface area (Å²) in [6, 6.07) is 7.03. The summed E-state index contributed by atoms with van der Waals surface area (Å²) in [5.41, 5.74) is 2.53. The van der Waals surface area contributed by atoms with Crippen LogP contribution in [0.5, 0.6) is 0 Å². The van der Waals surface area contributed by atoms with Crippen LogP contribution in [0.15, 0.2) is 47.2 Å². The standard InChI is InChI=1S/C20H19ClN2O2S/c1-3-11(2)18-20(14-5-4-13(21)8-16(14)22-19(20)25)15(9-17(24)23-18)12-6-7-26-10-12/h4-8,10,15,18H,2-3,9H2,1H3,(H,22,25)(H,23,24)/t15-,18-,20+/m1/s1. The predicted octanol–water partition coefficient (Wildman–Crippen LogP) is 4.23. The molecule has 1 aromatic heterocycles. The van der Waals surface area contributed by atoms with E-state index in [1.165, 1.54) is 0 Å². The van der Waals surface area contributed by atoms with Crippen molar-refractivity contribution in [1.82, 2.24) is 5.32 Å². The van der Waals surface area contributed by atoms with Crippen LogP contribution in [0.25, 0.3) is 0 Å². The fourth-order valence-corrected chi connectivity index (χ4v) is 5.21. The Bertz CT molecular complexity index is 909. The third kappa shape index (κ3) is 2.34. The van der Waals surface area contributed by atoms with E-state index >= 15 is 0 Å². The fourth-order valence-electron chi connectivity index (χ4n) is 4.32. The first-order chi connectivity index (χ1) is 12.5. The largest absolute Gasteiger partial charge is 0.348 e. The van der Waals surface area contributed by atoms with Crippen LogP contribution in [0, 0.1) is 0 Å². The fraction of sp³-hybridized carbons (Fsp3) is 0.300. The van der Waals surface area contributed by atoms with Gasteiger partial charge in [0.1, 0.15) is 5.41 Å². The van der Waals surface area contributed by atoms with Gasteiger partial charge in [-0.05, 0) is 46.5 Å². The molecule has 1 spiro atoms. The van der Waals surface area contributed by atoms with Gasteiger partial charge in [-0.1, -0.05) is 36.7 Å². The summed E-state index contributed by atoms with van der Waals surface area (Å²) in [4.78, 5) is 25.9. The lowest BCUT2D eigenvalue weighted by Crippen LogP contribution is -2.62. The van der Waals surface area contributed by atoms with E-state index < -0.39 is 11.5 Å². The van der Waals surface area contributed by atoms with Gasteiger partial charge < -0.3 is 10.6 Å². The zero-order valence-electron chi connectivity index (χ0n) is 14.3. The molecule has 26 heavy (non-hydrogen) atoms. The smallest absolute Gasteiger partial charge is 0.238 e. The first-order valence-electron chi connectivity index (χ1n) is 8.59. The van der Waals surface area contributed by atoms with Crippen LogP contribution in [0.2, 0.25) is 5.02 Å². The van der Waals surface area contributed by atoms with Gasteiger partial charge in [0.05, 0.1) is 6.04 Å². The van der Waals surface area contributed by atoms with Crippen molar-refractivity contribution < 1.29 is 9.59 Å². The zero-order valence-corrected chi connectivity index (χ0v) is 15.9. The van der Waals surface area contributed by atoms with Gasteiger partial charge in [-0.25, -0.2) is 0 Å². The maximum absolute atomic E-state index is 13.4. The summed E-state index contributed by atoms with van der Waals surface area (Å²) < 4.78 is 0. The summed E-state index contributed by atoms with van der Waals surface area (Å²) in [5, 5.41) is 10.6. The molecule has 1 fully saturated rings. The van der Waals surface area contributed by atoms with Crippen molar-refractivity contribution >= 4 is 40.4 Å². The summed E-state index contributed by atoms with van der Waals surface area (Å²) in [7, 11) is 0. The number of carbonyl (C=O) groups is 2. The summed E-state index contributed by atoms with van der Waals surface area (Å²) in [5.74, 6) is -0.412. The number of amides is 2. The Morgan fingerprint density at radius 3 is 2.88 bits per heavy atom. The minimum atomic E-state index is -0.915. The molecule has 1 saturated heterocycles. The molecule has 134 valence electrons. The van der Waals surface area contributed by atoms with E-state index in [0.717, 1.165) is 16.7 Å². The zero-order chi connectivity index (χ0) is 18.5. The van der Waals surface area contributed by atoms with Gasteiger partial charge >= 0.3 is 0 Å². The van der Waals surface area contributed by atoms with Crippen LogP contribution < -0.4 is 10.6 Å². The van der Waals surface area contributed by atoms with Gasteiger partial charge in [-0.3, -0.25) is 9.59 Å². The molecular formula is C20H19ClN2O2S. The molecule has 2 N–H and O–H groups in total. The lowest BCUT2D eigenvalue weighted by Gasteiger charge is -2.46. The van der Waals surface area contributed by atoms with Crippen LogP contribution in [-0.4, -0.2) is 17.9 Å². The van der Waals surface area contributed by atoms with Crippen molar-refractivity contribution in [1.29, 1.82) is 0 Å². The van der Waals surface area contributed by atoms with E-state index in [9.17, 15) is 9.59 Å². The number of anilines is 1. The van der Waals surface area contributed by atoms with Crippen molar-refractivity contribution in [2.75, 3.05) is 5.32 Å². The van der Waals surface area contributed by atoms with E-state index in [0.29, 0.717) is 17.1 Å². The van der Waals surface area contributed by atoms with E-state index in [1.54, 1.807) is 23.5 Å². The maximum atomic E-state index is 13.4. The van der Waals surface area contributed by atoms with Gasteiger partial charge in [0.2, 0.25) is 11.8 Å². The molecule has 0 aliphatic carbocycles. The molecule has 2 aliphatic rings. The number of halogens is 1. The van der Waals surface area contributed by atoms with Crippen molar-refractivity contribution in [2.24, 2.45) is 0 Å². The summed E-state index contributed by atoms with van der Waals surface area (Å²) in [6.07, 6.45) is 0.943. The lowest BCUT2D eigenvalue weighted by atomic mass is 9.59. The Labute approximate surface area is 161 Å². The number of piperidine rings is 1. The second-order valence-corrected chi connectivity index (χ2v) is 8.06. The first kappa shape index (κ1) is 17.3. The molecule has 0 saturated carbocycles. The van der Waals surface area contributed by atoms with E-state index in [4.69, 9.17) is 11.6 Å². The molecule has 2 amide bonds. The second kappa shape index (κ2) is 6.25. The van der Waals surface area contributed by atoms with E-state index in [1.807, 2.05) is 29.8 Å². The highest BCUT2D eigenvalue weighted by molar-refractivity contribution is 7.08. The number of nitrogens with one attached hydrogen (secondary N) is 2. The highest BCUT2D eigenvalue weighted by atomic mass is 35.5. The number of hydrogen-bond donors (Lipinski definition) is 2. The topological polar surface area (TPSA) is 58.2 Å². The molecule has 6 heteroatoms. The molecule has 0 unspecified atom stereocenters. The van der Waals surface area contributed by atoms with Crippen molar-refractivity contribution in [3.8, 4) is 0 Å². The molecule has 3 atom stereocenters. The maximum Gasteiger partial charge on any atom is 0.238 e. The van der Waals surface area contributed by atoms with Gasteiger partial charge in [0.25, 0.3) is 0 Å². The van der Waals surface area contributed by atoms with Crippen LogP contribution in [-0.2, 0) is 15.0 Å². The first-order valence-corrected chi connectivity index (χ1v) is 9.91. The van der Waals surface area contributed by atoms with Gasteiger partial charge in [0.15, 0.2) is 0 Å². The minimum absolute atomic E-state index is 0.0540. The Hall–Kier alpha value is -2.11. The highest BCUT2D eigenvalue weighted by Crippen LogP contribution is 2.54. The second-order valence-electron chi connectivity index (χ2n) is 6.84. The third-order valence-electron chi connectivity index (χ3n) is 5.56. The van der Waals surface area contributed by atoms with Crippen molar-refractivity contribution in [3.63, 3.8) is 0 Å². The third-order valence-corrected chi connectivity index (χ3v) is 6.50. The molecule has 4 rings (SSSR count). The Balaban J connectivity index is 2.00. The summed E-state index contributed by atoms with van der Waals surface area (Å²) >= 11 is 7.72. The Morgan fingerprint density at radius 2 is 2.19 bits per heavy atom. The van der Waals surface area contributed by atoms with E-state index in [2.05, 4.69) is 17.2 Å². The highest BCUT2D eigenvalue weighted by Gasteiger charge is 2.61. The lowest BCUT2D eigenvalue weighted by molar-refractivity contribution is -0.130. The molecule has 2 aromatic rings. The molecule has 0 bridgehead atoms. The van der Waals surface area contributed by atoms with Gasteiger partial charge in [-0.2, -0.15) is 11.3 Å². The molecule has 4 nitrogen and oxygen atoms in total. The van der Waals surface area contributed by atoms with Crippen molar-refractivity contribution in [3.05, 3.63) is 63.3 Å². The SMILES string of the molecule is C=C(CC)[C@H]1NC(=O)C[C@H](c2ccsc2)[C@]12C(=O)Nc1cc(Cl)ccc12. The Kier molecular flexibility index (Phi) is 4.16. The predicted molar refractivity (Wildman–Crippen MR) is 105 cm³/mol. The van der Waals surface area contributed by atoms with Crippen LogP contribution in [0.4, 0.5) is 5.69 Å². The molecule has 2 aliphatic heterocycles. The monoisotopic (exact) mass is 386 g/mol. The molecule has 3 heterocycles.